The van der Waals surface area contributed by atoms with Crippen LogP contribution in [0.1, 0.15) is 31.7 Å². The van der Waals surface area contributed by atoms with Crippen molar-refractivity contribution < 1.29 is 0 Å². The number of rotatable bonds is 1. The number of hydrogen-bond donors (Lipinski definition) is 1. The van der Waals surface area contributed by atoms with Crippen molar-refractivity contribution in [2.75, 3.05) is 17.2 Å². The fourth-order valence-electron chi connectivity index (χ4n) is 2.30. The molecule has 1 aromatic rings. The highest BCUT2D eigenvalue weighted by molar-refractivity contribution is 5.53. The lowest BCUT2D eigenvalue weighted by molar-refractivity contribution is 0.480. The Morgan fingerprint density at radius 1 is 1.47 bits per heavy atom. The van der Waals surface area contributed by atoms with Gasteiger partial charge in [-0.3, -0.25) is 0 Å². The molecule has 3 heteroatoms. The van der Waals surface area contributed by atoms with Crippen LogP contribution in [0.2, 0.25) is 0 Å². The number of nitrogens with zero attached hydrogens (tertiary/aromatic N) is 2. The Hall–Kier alpha value is -1.25. The number of aromatic nitrogens is 1. The molecule has 1 fully saturated rings. The van der Waals surface area contributed by atoms with Gasteiger partial charge in [-0.25, -0.2) is 4.98 Å². The van der Waals surface area contributed by atoms with E-state index < -0.39 is 0 Å². The molecule has 3 nitrogen and oxygen atoms in total. The summed E-state index contributed by atoms with van der Waals surface area (Å²) >= 11 is 0. The molecule has 1 saturated heterocycles. The van der Waals surface area contributed by atoms with Gasteiger partial charge in [0.05, 0.1) is 11.9 Å². The minimum Gasteiger partial charge on any atom is -0.397 e. The first kappa shape index (κ1) is 10.3. The van der Waals surface area contributed by atoms with Gasteiger partial charge in [-0.2, -0.15) is 0 Å². The number of anilines is 2. The molecule has 1 aromatic heterocycles. The molecule has 2 N–H and O–H groups in total. The summed E-state index contributed by atoms with van der Waals surface area (Å²) in [6.45, 7) is 5.48. The Labute approximate surface area is 91.3 Å². The molecule has 0 unspecified atom stereocenters. The number of aryl methyl sites for hydroxylation is 1. The molecule has 0 amide bonds. The average Bonchev–Trinajstić information content (AvgIpc) is 2.20. The summed E-state index contributed by atoms with van der Waals surface area (Å²) in [5.74, 6) is 1.11. The summed E-state index contributed by atoms with van der Waals surface area (Å²) in [7, 11) is 0. The van der Waals surface area contributed by atoms with Crippen molar-refractivity contribution in [2.45, 2.75) is 39.2 Å². The van der Waals surface area contributed by atoms with Gasteiger partial charge >= 0.3 is 0 Å². The number of pyridine rings is 1. The smallest absolute Gasteiger partial charge is 0.131 e. The molecule has 2 rings (SSSR count). The number of nitrogen functional groups attached to an aromatic ring is 1. The van der Waals surface area contributed by atoms with E-state index in [1.807, 2.05) is 6.07 Å². The number of piperidine rings is 1. The molecule has 1 aliphatic rings. The minimum atomic E-state index is 0.605. The van der Waals surface area contributed by atoms with Crippen molar-refractivity contribution in [3.8, 4) is 0 Å². The van der Waals surface area contributed by atoms with E-state index in [1.54, 1.807) is 6.20 Å². The van der Waals surface area contributed by atoms with Crippen LogP contribution in [0.15, 0.2) is 12.3 Å². The van der Waals surface area contributed by atoms with Crippen molar-refractivity contribution in [1.82, 2.24) is 4.98 Å². The minimum absolute atomic E-state index is 0.605. The third kappa shape index (κ3) is 2.06. The van der Waals surface area contributed by atoms with Crippen LogP contribution in [0.4, 0.5) is 11.5 Å². The van der Waals surface area contributed by atoms with Crippen molar-refractivity contribution in [3.63, 3.8) is 0 Å². The highest BCUT2D eigenvalue weighted by Crippen LogP contribution is 2.26. The molecule has 0 aliphatic carbocycles. The highest BCUT2D eigenvalue weighted by atomic mass is 15.2. The number of nitrogens with two attached hydrogens (primary N) is 1. The zero-order valence-electron chi connectivity index (χ0n) is 9.53. The zero-order valence-corrected chi connectivity index (χ0v) is 9.53. The van der Waals surface area contributed by atoms with Gasteiger partial charge < -0.3 is 10.6 Å². The van der Waals surface area contributed by atoms with Gasteiger partial charge in [0.1, 0.15) is 5.82 Å². The van der Waals surface area contributed by atoms with Crippen LogP contribution in [0.5, 0.6) is 0 Å². The highest BCUT2D eigenvalue weighted by Gasteiger charge is 2.20. The summed E-state index contributed by atoms with van der Waals surface area (Å²) in [4.78, 5) is 6.85. The quantitative estimate of drug-likeness (QED) is 0.765. The number of hydrogen-bond acceptors (Lipinski definition) is 3. The van der Waals surface area contributed by atoms with E-state index >= 15 is 0 Å². The average molecular weight is 205 g/mol. The van der Waals surface area contributed by atoms with Crippen LogP contribution >= 0.6 is 0 Å². The van der Waals surface area contributed by atoms with Gasteiger partial charge in [0, 0.05) is 12.6 Å². The second kappa shape index (κ2) is 4.09. The SMILES string of the molecule is Cc1cc(N)cnc1N1CCCC[C@H]1C. The van der Waals surface area contributed by atoms with E-state index in [0.29, 0.717) is 6.04 Å². The van der Waals surface area contributed by atoms with Crippen LogP contribution in [0.3, 0.4) is 0 Å². The van der Waals surface area contributed by atoms with Crippen LogP contribution < -0.4 is 10.6 Å². The third-order valence-electron chi connectivity index (χ3n) is 3.15. The molecule has 15 heavy (non-hydrogen) atoms. The van der Waals surface area contributed by atoms with Crippen molar-refractivity contribution >= 4 is 11.5 Å². The lowest BCUT2D eigenvalue weighted by atomic mass is 10.0. The molecule has 0 saturated carbocycles. The van der Waals surface area contributed by atoms with Crippen LogP contribution in [-0.2, 0) is 0 Å². The van der Waals surface area contributed by atoms with Crippen LogP contribution in [0, 0.1) is 6.92 Å². The maximum absolute atomic E-state index is 5.71. The lowest BCUT2D eigenvalue weighted by Gasteiger charge is -2.35. The molecular weight excluding hydrogens is 186 g/mol. The van der Waals surface area contributed by atoms with Gasteiger partial charge in [-0.1, -0.05) is 0 Å². The first-order valence-electron chi connectivity index (χ1n) is 5.67. The van der Waals surface area contributed by atoms with Gasteiger partial charge in [0.2, 0.25) is 0 Å². The Morgan fingerprint density at radius 2 is 2.27 bits per heavy atom. The topological polar surface area (TPSA) is 42.1 Å². The second-order valence-electron chi connectivity index (χ2n) is 4.45. The van der Waals surface area contributed by atoms with Gasteiger partial charge in [-0.05, 0) is 44.7 Å². The molecule has 2 heterocycles. The third-order valence-corrected chi connectivity index (χ3v) is 3.15. The van der Waals surface area contributed by atoms with E-state index in [-0.39, 0.29) is 0 Å². The zero-order chi connectivity index (χ0) is 10.8. The van der Waals surface area contributed by atoms with Gasteiger partial charge in [0.25, 0.3) is 0 Å². The van der Waals surface area contributed by atoms with Crippen LogP contribution in [0.25, 0.3) is 0 Å². The van der Waals surface area contributed by atoms with E-state index in [1.165, 1.54) is 24.8 Å². The Balaban J connectivity index is 2.27. The molecule has 0 radical (unpaired) electrons. The Bertz CT molecular complexity index is 349. The molecule has 0 aromatic carbocycles. The second-order valence-corrected chi connectivity index (χ2v) is 4.45. The van der Waals surface area contributed by atoms with E-state index in [0.717, 1.165) is 18.1 Å². The van der Waals surface area contributed by atoms with Crippen LogP contribution in [-0.4, -0.2) is 17.6 Å². The Morgan fingerprint density at radius 3 is 2.93 bits per heavy atom. The summed E-state index contributed by atoms with van der Waals surface area (Å²) < 4.78 is 0. The molecule has 1 atom stereocenters. The monoisotopic (exact) mass is 205 g/mol. The fourth-order valence-corrected chi connectivity index (χ4v) is 2.30. The molecule has 0 spiro atoms. The maximum atomic E-state index is 5.71. The lowest BCUT2D eigenvalue weighted by Crippen LogP contribution is -2.38. The first-order chi connectivity index (χ1) is 7.18. The van der Waals surface area contributed by atoms with E-state index in [9.17, 15) is 0 Å². The molecular formula is C12H19N3. The van der Waals surface area contributed by atoms with Crippen molar-refractivity contribution in [3.05, 3.63) is 17.8 Å². The van der Waals surface area contributed by atoms with Crippen molar-refractivity contribution in [2.24, 2.45) is 0 Å². The standard InChI is InChI=1S/C12H19N3/c1-9-7-11(13)8-14-12(9)15-6-4-3-5-10(15)2/h7-8,10H,3-6,13H2,1-2H3/t10-/m1/s1. The molecule has 82 valence electrons. The summed E-state index contributed by atoms with van der Waals surface area (Å²) in [6, 6.07) is 2.61. The summed E-state index contributed by atoms with van der Waals surface area (Å²) in [5, 5.41) is 0. The normalized spacial score (nSPS) is 21.7. The molecule has 0 bridgehead atoms. The predicted molar refractivity (Wildman–Crippen MR) is 64.0 cm³/mol. The van der Waals surface area contributed by atoms with Gasteiger partial charge in [0.15, 0.2) is 0 Å². The molecule has 1 aliphatic heterocycles. The summed E-state index contributed by atoms with van der Waals surface area (Å²) in [6.07, 6.45) is 5.64. The van der Waals surface area contributed by atoms with E-state index in [2.05, 4.69) is 23.7 Å². The summed E-state index contributed by atoms with van der Waals surface area (Å²) in [5.41, 5.74) is 7.65. The van der Waals surface area contributed by atoms with Crippen molar-refractivity contribution in [1.29, 1.82) is 0 Å². The first-order valence-corrected chi connectivity index (χ1v) is 5.67. The van der Waals surface area contributed by atoms with E-state index in [4.69, 9.17) is 5.73 Å². The fraction of sp³-hybridized carbons (Fsp3) is 0.583. The largest absolute Gasteiger partial charge is 0.397 e. The maximum Gasteiger partial charge on any atom is 0.131 e. The predicted octanol–water partition coefficient (Wildman–Crippen LogP) is 2.35. The van der Waals surface area contributed by atoms with Gasteiger partial charge in [-0.15, -0.1) is 0 Å². The Kier molecular flexibility index (Phi) is 2.80.